The van der Waals surface area contributed by atoms with E-state index in [1.54, 1.807) is 0 Å². The fourth-order valence-corrected chi connectivity index (χ4v) is 2.31. The van der Waals surface area contributed by atoms with Crippen LogP contribution in [0.5, 0.6) is 11.5 Å². The van der Waals surface area contributed by atoms with Crippen LogP contribution in [0.2, 0.25) is 0 Å². The molecule has 3 heteroatoms. The van der Waals surface area contributed by atoms with Crippen molar-refractivity contribution >= 4 is 24.1 Å². The molecule has 1 aliphatic rings. The molecule has 0 unspecified atom stereocenters. The highest BCUT2D eigenvalue weighted by atomic mass is 35.5. The summed E-state index contributed by atoms with van der Waals surface area (Å²) in [5, 5.41) is 3.24. The summed E-state index contributed by atoms with van der Waals surface area (Å²) in [6.07, 6.45) is 7.45. The minimum absolute atomic E-state index is 0. The second-order valence-corrected chi connectivity index (χ2v) is 4.61. The predicted molar refractivity (Wildman–Crippen MR) is 89.8 cm³/mol. The van der Waals surface area contributed by atoms with Gasteiger partial charge < -0.3 is 10.1 Å². The zero-order valence-corrected chi connectivity index (χ0v) is 12.3. The normalized spacial score (nSPS) is 11.7. The van der Waals surface area contributed by atoms with Gasteiger partial charge in [-0.2, -0.15) is 0 Å². The van der Waals surface area contributed by atoms with Crippen LogP contribution in [-0.2, 0) is 0 Å². The molecular weight excluding hydrogens is 282 g/mol. The number of para-hydroxylation sites is 2. The van der Waals surface area contributed by atoms with Crippen molar-refractivity contribution in [3.63, 3.8) is 0 Å². The molecule has 3 rings (SSSR count). The molecular formula is C18H16ClNO. The van der Waals surface area contributed by atoms with Crippen molar-refractivity contribution in [2.75, 3.05) is 13.1 Å². The number of nitrogens with one attached hydrogen (secondary N) is 1. The number of terminal acetylenes is 1. The summed E-state index contributed by atoms with van der Waals surface area (Å²) in [5.41, 5.74) is 3.37. The molecule has 2 aromatic rings. The average molecular weight is 298 g/mol. The highest BCUT2D eigenvalue weighted by molar-refractivity contribution is 5.88. The van der Waals surface area contributed by atoms with Gasteiger partial charge in [0.1, 0.15) is 11.5 Å². The van der Waals surface area contributed by atoms with Gasteiger partial charge in [-0.05, 0) is 23.8 Å². The van der Waals surface area contributed by atoms with Crippen molar-refractivity contribution in [1.82, 2.24) is 5.32 Å². The number of hydrogen-bond donors (Lipinski definition) is 1. The Morgan fingerprint density at radius 2 is 1.71 bits per heavy atom. The summed E-state index contributed by atoms with van der Waals surface area (Å²) in [6, 6.07) is 16.1. The first-order valence-electron chi connectivity index (χ1n) is 6.59. The van der Waals surface area contributed by atoms with Gasteiger partial charge in [-0.15, -0.1) is 18.8 Å². The van der Waals surface area contributed by atoms with E-state index >= 15 is 0 Å². The fraction of sp³-hybridized carbons (Fsp3) is 0.111. The van der Waals surface area contributed by atoms with Crippen LogP contribution in [0.4, 0.5) is 0 Å². The van der Waals surface area contributed by atoms with Gasteiger partial charge in [0.2, 0.25) is 0 Å². The molecule has 21 heavy (non-hydrogen) atoms. The quantitative estimate of drug-likeness (QED) is 0.683. The van der Waals surface area contributed by atoms with E-state index in [-0.39, 0.29) is 12.4 Å². The van der Waals surface area contributed by atoms with Crippen molar-refractivity contribution in [3.8, 4) is 23.8 Å². The third kappa shape index (κ3) is 3.28. The van der Waals surface area contributed by atoms with Crippen molar-refractivity contribution < 1.29 is 4.74 Å². The second kappa shape index (κ2) is 6.99. The van der Waals surface area contributed by atoms with E-state index in [0.717, 1.165) is 29.2 Å². The number of fused-ring (bicyclic) bond motifs is 2. The number of halogens is 1. The fourth-order valence-electron chi connectivity index (χ4n) is 2.31. The van der Waals surface area contributed by atoms with Gasteiger partial charge in [0.15, 0.2) is 0 Å². The Balaban J connectivity index is 0.00000161. The smallest absolute Gasteiger partial charge is 0.135 e. The Kier molecular flexibility index (Phi) is 5.05. The van der Waals surface area contributed by atoms with Crippen LogP contribution in [0.1, 0.15) is 11.1 Å². The molecule has 0 saturated heterocycles. The lowest BCUT2D eigenvalue weighted by molar-refractivity contribution is 0.481. The second-order valence-electron chi connectivity index (χ2n) is 4.61. The van der Waals surface area contributed by atoms with Crippen LogP contribution < -0.4 is 10.1 Å². The first-order valence-corrected chi connectivity index (χ1v) is 6.59. The SMILES string of the molecule is C#CCNCC1=Cc2ccccc2Oc2ccccc21.Cl. The van der Waals surface area contributed by atoms with E-state index in [2.05, 4.69) is 29.4 Å². The zero-order chi connectivity index (χ0) is 13.8. The maximum absolute atomic E-state index is 6.02. The van der Waals surface area contributed by atoms with Crippen LogP contribution in [-0.4, -0.2) is 13.1 Å². The van der Waals surface area contributed by atoms with Crippen molar-refractivity contribution in [1.29, 1.82) is 0 Å². The van der Waals surface area contributed by atoms with Gasteiger partial charge in [-0.3, -0.25) is 0 Å². The third-order valence-electron chi connectivity index (χ3n) is 3.24. The standard InChI is InChI=1S/C18H15NO.ClH/c1-2-11-19-13-15-12-14-7-3-5-9-17(14)20-18-10-6-4-8-16(15)18;/h1,3-10,12,19H,11,13H2;1H. The lowest BCUT2D eigenvalue weighted by Gasteiger charge is -2.10. The van der Waals surface area contributed by atoms with Gasteiger partial charge in [0, 0.05) is 17.7 Å². The predicted octanol–water partition coefficient (Wildman–Crippen LogP) is 3.98. The van der Waals surface area contributed by atoms with Crippen LogP contribution in [0, 0.1) is 12.3 Å². The Hall–Kier alpha value is -2.21. The number of rotatable bonds is 3. The lowest BCUT2D eigenvalue weighted by Crippen LogP contribution is -2.16. The van der Waals surface area contributed by atoms with Gasteiger partial charge >= 0.3 is 0 Å². The van der Waals surface area contributed by atoms with E-state index in [9.17, 15) is 0 Å². The first-order chi connectivity index (χ1) is 9.88. The molecule has 106 valence electrons. The molecule has 2 nitrogen and oxygen atoms in total. The number of benzene rings is 2. The molecule has 2 aromatic carbocycles. The number of ether oxygens (including phenoxy) is 1. The molecule has 0 fully saturated rings. The summed E-state index contributed by atoms with van der Waals surface area (Å²) < 4.78 is 6.02. The highest BCUT2D eigenvalue weighted by Crippen LogP contribution is 2.37. The summed E-state index contributed by atoms with van der Waals surface area (Å²) in [5.74, 6) is 4.36. The Morgan fingerprint density at radius 1 is 1.00 bits per heavy atom. The molecule has 0 aliphatic carbocycles. The van der Waals surface area contributed by atoms with Crippen LogP contribution in [0.15, 0.2) is 48.5 Å². The highest BCUT2D eigenvalue weighted by Gasteiger charge is 2.15. The summed E-state index contributed by atoms with van der Waals surface area (Å²) >= 11 is 0. The van der Waals surface area contributed by atoms with Crippen LogP contribution >= 0.6 is 12.4 Å². The van der Waals surface area contributed by atoms with E-state index in [4.69, 9.17) is 11.2 Å². The van der Waals surface area contributed by atoms with E-state index in [1.807, 2.05) is 36.4 Å². The maximum atomic E-state index is 6.02. The first kappa shape index (κ1) is 15.2. The molecule has 1 N–H and O–H groups in total. The van der Waals surface area contributed by atoms with Gasteiger partial charge in [-0.25, -0.2) is 0 Å². The maximum Gasteiger partial charge on any atom is 0.135 e. The molecule has 1 heterocycles. The molecule has 0 atom stereocenters. The molecule has 0 amide bonds. The number of hydrogen-bond acceptors (Lipinski definition) is 2. The molecule has 0 radical (unpaired) electrons. The van der Waals surface area contributed by atoms with Gasteiger partial charge in [0.25, 0.3) is 0 Å². The van der Waals surface area contributed by atoms with E-state index < -0.39 is 0 Å². The Bertz CT molecular complexity index is 700. The summed E-state index contributed by atoms with van der Waals surface area (Å²) in [4.78, 5) is 0. The Labute approximate surface area is 131 Å². The molecule has 0 saturated carbocycles. The lowest BCUT2D eigenvalue weighted by atomic mass is 10.0. The Morgan fingerprint density at radius 3 is 2.52 bits per heavy atom. The van der Waals surface area contributed by atoms with Crippen LogP contribution in [0.3, 0.4) is 0 Å². The third-order valence-corrected chi connectivity index (χ3v) is 3.24. The van der Waals surface area contributed by atoms with Crippen molar-refractivity contribution in [2.24, 2.45) is 0 Å². The molecule has 0 aromatic heterocycles. The summed E-state index contributed by atoms with van der Waals surface area (Å²) in [7, 11) is 0. The topological polar surface area (TPSA) is 21.3 Å². The minimum atomic E-state index is 0. The van der Waals surface area contributed by atoms with Crippen LogP contribution in [0.25, 0.3) is 11.6 Å². The average Bonchev–Trinajstić information content (AvgIpc) is 2.64. The zero-order valence-electron chi connectivity index (χ0n) is 11.5. The van der Waals surface area contributed by atoms with Gasteiger partial charge in [-0.1, -0.05) is 42.3 Å². The minimum Gasteiger partial charge on any atom is -0.456 e. The molecule has 0 bridgehead atoms. The van der Waals surface area contributed by atoms with Gasteiger partial charge in [0.05, 0.1) is 6.54 Å². The largest absolute Gasteiger partial charge is 0.456 e. The summed E-state index contributed by atoms with van der Waals surface area (Å²) in [6.45, 7) is 1.28. The van der Waals surface area contributed by atoms with E-state index in [0.29, 0.717) is 6.54 Å². The van der Waals surface area contributed by atoms with E-state index in [1.165, 1.54) is 5.57 Å². The van der Waals surface area contributed by atoms with Crippen molar-refractivity contribution in [3.05, 3.63) is 59.7 Å². The molecule has 1 aliphatic heterocycles. The monoisotopic (exact) mass is 297 g/mol. The molecule has 0 spiro atoms. The van der Waals surface area contributed by atoms with Crippen molar-refractivity contribution in [2.45, 2.75) is 0 Å².